The van der Waals surface area contributed by atoms with Crippen LogP contribution < -0.4 is 10.1 Å². The van der Waals surface area contributed by atoms with Crippen molar-refractivity contribution < 1.29 is 14.3 Å². The second-order valence-corrected chi connectivity index (χ2v) is 10.4. The third-order valence-corrected chi connectivity index (χ3v) is 7.35. The van der Waals surface area contributed by atoms with E-state index in [9.17, 15) is 9.59 Å². The molecule has 0 aliphatic heterocycles. The number of nitrogens with one attached hydrogen (secondary N) is 1. The molecule has 7 nitrogen and oxygen atoms in total. The molecule has 1 heterocycles. The molecule has 0 spiro atoms. The van der Waals surface area contributed by atoms with Crippen LogP contribution in [0.25, 0.3) is 0 Å². The number of benzene rings is 2. The molecular formula is C30H34N4O3S. The summed E-state index contributed by atoms with van der Waals surface area (Å²) in [6.07, 6.45) is 6.72. The minimum Gasteiger partial charge on any atom is -0.497 e. The standard InChI is InChI=1S/C30H34N4O3S/c1-21-18-22(2)32-30(31-21)38-20-27(35)34(19-23-10-6-4-7-11-23)28(24-12-8-5-9-13-24)29(36)33-25-14-16-26(37-3)17-15-25/h4-8,10-11,14-18,24,28H,9,12-13,19-20H2,1-3H3,(H,33,36)/t24-,28-/m1/s1. The number of hydrogen-bond acceptors (Lipinski definition) is 6. The Balaban J connectivity index is 1.62. The quantitative estimate of drug-likeness (QED) is 0.209. The highest BCUT2D eigenvalue weighted by Crippen LogP contribution is 2.29. The van der Waals surface area contributed by atoms with Crippen LogP contribution in [-0.2, 0) is 16.1 Å². The Hall–Kier alpha value is -3.65. The second-order valence-electron chi connectivity index (χ2n) is 9.44. The first kappa shape index (κ1) is 27.4. The number of nitrogens with zero attached hydrogens (tertiary/aromatic N) is 3. The lowest BCUT2D eigenvalue weighted by Gasteiger charge is -2.37. The summed E-state index contributed by atoms with van der Waals surface area (Å²) in [5, 5.41) is 3.62. The lowest BCUT2D eigenvalue weighted by molar-refractivity contribution is -0.139. The number of allylic oxidation sites excluding steroid dienone is 2. The SMILES string of the molecule is COc1ccc(NC(=O)[C@@H]([C@@H]2CC=CCC2)N(Cc2ccccc2)C(=O)CSc2nc(C)cc(C)n2)cc1. The van der Waals surface area contributed by atoms with E-state index in [2.05, 4.69) is 27.4 Å². The molecule has 0 bridgehead atoms. The van der Waals surface area contributed by atoms with E-state index in [1.165, 1.54) is 11.8 Å². The molecule has 0 fully saturated rings. The zero-order valence-electron chi connectivity index (χ0n) is 22.1. The van der Waals surface area contributed by atoms with Gasteiger partial charge in [-0.15, -0.1) is 0 Å². The first-order valence-corrected chi connectivity index (χ1v) is 13.8. The van der Waals surface area contributed by atoms with Gasteiger partial charge < -0.3 is 15.0 Å². The molecule has 0 unspecified atom stereocenters. The third kappa shape index (κ3) is 7.44. The largest absolute Gasteiger partial charge is 0.497 e. The van der Waals surface area contributed by atoms with Gasteiger partial charge in [-0.3, -0.25) is 9.59 Å². The summed E-state index contributed by atoms with van der Waals surface area (Å²) in [4.78, 5) is 38.4. The maximum absolute atomic E-state index is 13.9. The van der Waals surface area contributed by atoms with Gasteiger partial charge in [0.25, 0.3) is 0 Å². The average molecular weight is 531 g/mol. The molecule has 1 aliphatic carbocycles. The van der Waals surface area contributed by atoms with Crippen molar-refractivity contribution in [1.82, 2.24) is 14.9 Å². The summed E-state index contributed by atoms with van der Waals surface area (Å²) in [5.41, 5.74) is 3.36. The van der Waals surface area contributed by atoms with Crippen LogP contribution in [0, 0.1) is 19.8 Å². The van der Waals surface area contributed by atoms with Gasteiger partial charge in [0, 0.05) is 23.6 Å². The van der Waals surface area contributed by atoms with E-state index in [0.29, 0.717) is 23.1 Å². The van der Waals surface area contributed by atoms with Crippen molar-refractivity contribution in [3.05, 3.63) is 89.8 Å². The van der Waals surface area contributed by atoms with Crippen LogP contribution in [0.1, 0.15) is 36.2 Å². The predicted octanol–water partition coefficient (Wildman–Crippen LogP) is 5.59. The minimum atomic E-state index is -0.629. The fourth-order valence-corrected chi connectivity index (χ4v) is 5.53. The predicted molar refractivity (Wildman–Crippen MR) is 151 cm³/mol. The van der Waals surface area contributed by atoms with Crippen LogP contribution >= 0.6 is 11.8 Å². The summed E-state index contributed by atoms with van der Waals surface area (Å²) >= 11 is 1.31. The van der Waals surface area contributed by atoms with E-state index in [1.54, 1.807) is 24.1 Å². The fraction of sp³-hybridized carbons (Fsp3) is 0.333. The van der Waals surface area contributed by atoms with E-state index in [0.717, 1.165) is 36.2 Å². The number of carbonyl (C=O) groups excluding carboxylic acids is 2. The van der Waals surface area contributed by atoms with E-state index < -0.39 is 6.04 Å². The minimum absolute atomic E-state index is 0.00775. The fourth-order valence-electron chi connectivity index (χ4n) is 4.69. The molecule has 8 heteroatoms. The van der Waals surface area contributed by atoms with Gasteiger partial charge in [-0.25, -0.2) is 9.97 Å². The van der Waals surface area contributed by atoms with E-state index >= 15 is 0 Å². The van der Waals surface area contributed by atoms with Gasteiger partial charge in [-0.05, 0) is 74.9 Å². The molecule has 3 aromatic rings. The number of amides is 2. The number of hydrogen-bond donors (Lipinski definition) is 1. The Labute approximate surface area is 228 Å². The van der Waals surface area contributed by atoms with Crippen molar-refractivity contribution in [1.29, 1.82) is 0 Å². The molecule has 2 amide bonds. The molecule has 2 atom stereocenters. The summed E-state index contributed by atoms with van der Waals surface area (Å²) < 4.78 is 5.25. The molecule has 0 saturated heterocycles. The van der Waals surface area contributed by atoms with Gasteiger partial charge in [0.2, 0.25) is 11.8 Å². The number of thioether (sulfide) groups is 1. The van der Waals surface area contributed by atoms with Crippen LogP contribution in [0.2, 0.25) is 0 Å². The number of aromatic nitrogens is 2. The summed E-state index contributed by atoms with van der Waals surface area (Å²) in [5.74, 6) is 0.556. The highest BCUT2D eigenvalue weighted by molar-refractivity contribution is 7.99. The smallest absolute Gasteiger partial charge is 0.247 e. The zero-order valence-corrected chi connectivity index (χ0v) is 22.9. The topological polar surface area (TPSA) is 84.4 Å². The average Bonchev–Trinajstić information content (AvgIpc) is 2.92. The third-order valence-electron chi connectivity index (χ3n) is 6.52. The van der Waals surface area contributed by atoms with Crippen molar-refractivity contribution in [2.75, 3.05) is 18.2 Å². The molecular weight excluding hydrogens is 496 g/mol. The molecule has 2 aromatic carbocycles. The summed E-state index contributed by atoms with van der Waals surface area (Å²) in [7, 11) is 1.61. The van der Waals surface area contributed by atoms with Gasteiger partial charge >= 0.3 is 0 Å². The van der Waals surface area contributed by atoms with Gasteiger partial charge in [0.15, 0.2) is 5.16 Å². The molecule has 38 heavy (non-hydrogen) atoms. The molecule has 0 saturated carbocycles. The molecule has 4 rings (SSSR count). The van der Waals surface area contributed by atoms with Crippen LogP contribution in [0.3, 0.4) is 0 Å². The van der Waals surface area contributed by atoms with Crippen LogP contribution in [0.4, 0.5) is 5.69 Å². The number of rotatable bonds is 10. The Morgan fingerprint density at radius 1 is 1.05 bits per heavy atom. The molecule has 0 radical (unpaired) electrons. The first-order chi connectivity index (χ1) is 18.4. The normalized spacial score (nSPS) is 15.5. The molecule has 1 aliphatic rings. The van der Waals surface area contributed by atoms with Crippen molar-refractivity contribution in [3.63, 3.8) is 0 Å². The van der Waals surface area contributed by atoms with E-state index in [4.69, 9.17) is 4.74 Å². The van der Waals surface area contributed by atoms with E-state index in [-0.39, 0.29) is 23.5 Å². The highest BCUT2D eigenvalue weighted by atomic mass is 32.2. The van der Waals surface area contributed by atoms with E-state index in [1.807, 2.05) is 62.4 Å². The highest BCUT2D eigenvalue weighted by Gasteiger charge is 2.36. The molecule has 1 aromatic heterocycles. The summed E-state index contributed by atoms with van der Waals surface area (Å²) in [6.45, 7) is 4.17. The number of methoxy groups -OCH3 is 1. The number of aryl methyl sites for hydroxylation is 2. The number of carbonyl (C=O) groups is 2. The second kappa shape index (κ2) is 13.2. The maximum atomic E-state index is 13.9. The lowest BCUT2D eigenvalue weighted by atomic mass is 9.86. The van der Waals surface area contributed by atoms with Crippen LogP contribution in [-0.4, -0.2) is 45.6 Å². The first-order valence-electron chi connectivity index (χ1n) is 12.8. The van der Waals surface area contributed by atoms with Crippen molar-refractivity contribution in [2.45, 2.75) is 50.9 Å². The maximum Gasteiger partial charge on any atom is 0.247 e. The Kier molecular flexibility index (Phi) is 9.54. The Morgan fingerprint density at radius 3 is 2.39 bits per heavy atom. The number of ether oxygens (including phenoxy) is 1. The van der Waals surface area contributed by atoms with Gasteiger partial charge in [0.05, 0.1) is 12.9 Å². The summed E-state index contributed by atoms with van der Waals surface area (Å²) in [6, 6.07) is 18.3. The van der Waals surface area contributed by atoms with Gasteiger partial charge in [0.1, 0.15) is 11.8 Å². The van der Waals surface area contributed by atoms with Crippen LogP contribution in [0.5, 0.6) is 5.75 Å². The van der Waals surface area contributed by atoms with Gasteiger partial charge in [-0.1, -0.05) is 54.2 Å². The monoisotopic (exact) mass is 530 g/mol. The Bertz CT molecular complexity index is 1240. The number of anilines is 1. The zero-order chi connectivity index (χ0) is 26.9. The lowest BCUT2D eigenvalue weighted by Crippen LogP contribution is -2.51. The van der Waals surface area contributed by atoms with Crippen molar-refractivity contribution in [3.8, 4) is 5.75 Å². The Morgan fingerprint density at radius 2 is 1.76 bits per heavy atom. The van der Waals surface area contributed by atoms with Crippen molar-refractivity contribution in [2.24, 2.45) is 5.92 Å². The van der Waals surface area contributed by atoms with Crippen molar-refractivity contribution >= 4 is 29.3 Å². The molecule has 1 N–H and O–H groups in total. The molecule has 198 valence electrons. The van der Waals surface area contributed by atoms with Crippen LogP contribution in [0.15, 0.2) is 78.0 Å². The van der Waals surface area contributed by atoms with Gasteiger partial charge in [-0.2, -0.15) is 0 Å².